The normalized spacial score (nSPS) is 11.3. The summed E-state index contributed by atoms with van der Waals surface area (Å²) in [6.45, 7) is 1.63. The van der Waals surface area contributed by atoms with E-state index in [1.807, 2.05) is 0 Å². The Hall–Kier alpha value is -0.460. The predicted molar refractivity (Wildman–Crippen MR) is 59.8 cm³/mol. The van der Waals surface area contributed by atoms with E-state index in [1.165, 1.54) is 6.07 Å². The van der Waals surface area contributed by atoms with Crippen LogP contribution >= 0.6 is 19.5 Å². The van der Waals surface area contributed by atoms with Gasteiger partial charge in [0, 0.05) is 0 Å². The van der Waals surface area contributed by atoms with Crippen molar-refractivity contribution in [2.75, 3.05) is 0 Å². The molecule has 1 unspecified atom stereocenters. The molecule has 0 aliphatic carbocycles. The lowest BCUT2D eigenvalue weighted by atomic mass is 10.2. The maximum Gasteiger partial charge on any atom is 0.579 e. The van der Waals surface area contributed by atoms with Crippen molar-refractivity contribution in [2.24, 2.45) is 0 Å². The zero-order valence-corrected chi connectivity index (χ0v) is 10.3. The summed E-state index contributed by atoms with van der Waals surface area (Å²) in [7, 11) is -6.21. The molecule has 0 saturated carbocycles. The summed E-state index contributed by atoms with van der Waals surface area (Å²) in [6, 6.07) is 6.27. The average molecular weight is 269 g/mol. The zero-order valence-electron chi connectivity index (χ0n) is 7.73. The lowest BCUT2D eigenvalue weighted by molar-refractivity contribution is 0.482. The molecular formula is C7H10O5PS2+. The molecule has 5 nitrogen and oxygen atoms in total. The van der Waals surface area contributed by atoms with Gasteiger partial charge >= 0.3 is 7.23 Å². The zero-order chi connectivity index (χ0) is 12.1. The van der Waals surface area contributed by atoms with Crippen molar-refractivity contribution in [2.45, 2.75) is 11.8 Å². The molecule has 0 bridgehead atoms. The molecule has 0 radical (unpaired) electrons. The van der Waals surface area contributed by atoms with Crippen LogP contribution in [-0.4, -0.2) is 17.9 Å². The standard InChI is InChI=1S/C7H8O3S.HO2PS/c1-6-4-2-3-5-7(6)11(8,9)10;1-3(2)4/h2-5H,1H3,(H,8,9,10);(H-,1,2,4)/p+1. The van der Waals surface area contributed by atoms with Gasteiger partial charge in [-0.05, 0) is 23.1 Å². The number of thiol groups is 1. The Morgan fingerprint density at radius 1 is 1.33 bits per heavy atom. The molecule has 0 aromatic heterocycles. The Morgan fingerprint density at radius 2 is 1.73 bits per heavy atom. The summed E-state index contributed by atoms with van der Waals surface area (Å²) in [6.07, 6.45) is 0. The molecule has 1 aromatic rings. The van der Waals surface area contributed by atoms with Gasteiger partial charge in [-0.1, -0.05) is 18.2 Å². The van der Waals surface area contributed by atoms with Crippen molar-refractivity contribution in [3.05, 3.63) is 29.8 Å². The molecule has 0 fully saturated rings. The van der Waals surface area contributed by atoms with Crippen LogP contribution in [0, 0.1) is 6.92 Å². The van der Waals surface area contributed by atoms with Gasteiger partial charge < -0.3 is 0 Å². The molecular weight excluding hydrogens is 259 g/mol. The highest BCUT2D eigenvalue weighted by Crippen LogP contribution is 2.16. The minimum Gasteiger partial charge on any atom is -0.282 e. The molecule has 0 heterocycles. The first-order valence-electron chi connectivity index (χ1n) is 3.63. The summed E-state index contributed by atoms with van der Waals surface area (Å²) in [5.74, 6) is 0. The first kappa shape index (κ1) is 14.5. The first-order valence-corrected chi connectivity index (χ1v) is 7.44. The maximum absolute atomic E-state index is 10.6. The van der Waals surface area contributed by atoms with Crippen LogP contribution in [0.15, 0.2) is 29.2 Å². The van der Waals surface area contributed by atoms with Gasteiger partial charge in [0.15, 0.2) is 0 Å². The van der Waals surface area contributed by atoms with Gasteiger partial charge in [0.1, 0.15) is 12.2 Å². The maximum atomic E-state index is 10.6. The molecule has 0 aliphatic heterocycles. The monoisotopic (exact) mass is 269 g/mol. The second kappa shape index (κ2) is 6.19. The van der Waals surface area contributed by atoms with Gasteiger partial charge in [-0.3, -0.25) is 4.55 Å². The van der Waals surface area contributed by atoms with E-state index in [0.717, 1.165) is 0 Å². The summed E-state index contributed by atoms with van der Waals surface area (Å²) in [5.41, 5.74) is 0.551. The predicted octanol–water partition coefficient (Wildman–Crippen LogP) is 1.81. The van der Waals surface area contributed by atoms with Gasteiger partial charge in [-0.15, -0.1) is 0 Å². The Balaban J connectivity index is 0.000000423. The fourth-order valence-corrected chi connectivity index (χ4v) is 1.57. The molecule has 0 spiro atoms. The van der Waals surface area contributed by atoms with Crippen LogP contribution in [0.1, 0.15) is 5.56 Å². The van der Waals surface area contributed by atoms with Gasteiger partial charge in [0.2, 0.25) is 0 Å². The van der Waals surface area contributed by atoms with E-state index >= 15 is 0 Å². The fourth-order valence-electron chi connectivity index (χ4n) is 0.846. The van der Waals surface area contributed by atoms with Crippen LogP contribution < -0.4 is 0 Å². The van der Waals surface area contributed by atoms with Crippen LogP contribution in [0.2, 0.25) is 0 Å². The molecule has 2 N–H and O–H groups in total. The lowest BCUT2D eigenvalue weighted by Crippen LogP contribution is -1.99. The molecule has 0 amide bonds. The topological polar surface area (TPSA) is 91.7 Å². The minimum absolute atomic E-state index is 0.0278. The van der Waals surface area contributed by atoms with Crippen LogP contribution in [-0.2, 0) is 14.7 Å². The van der Waals surface area contributed by atoms with Crippen molar-refractivity contribution in [1.29, 1.82) is 0 Å². The highest BCUT2D eigenvalue weighted by atomic mass is 32.7. The van der Waals surface area contributed by atoms with E-state index in [-0.39, 0.29) is 4.90 Å². The first-order chi connectivity index (χ1) is 6.75. The van der Waals surface area contributed by atoms with Gasteiger partial charge in [0.25, 0.3) is 10.1 Å². The number of benzene rings is 1. The molecule has 1 aromatic carbocycles. The lowest BCUT2D eigenvalue weighted by Gasteiger charge is -1.99. The van der Waals surface area contributed by atoms with Crippen LogP contribution in [0.25, 0.3) is 0 Å². The number of hydrogen-bond acceptors (Lipinski definition) is 3. The smallest absolute Gasteiger partial charge is 0.282 e. The second-order valence-electron chi connectivity index (χ2n) is 2.49. The van der Waals surface area contributed by atoms with Crippen molar-refractivity contribution >= 4 is 29.6 Å². The Kier molecular flexibility index (Phi) is 6.00. The molecule has 1 rings (SSSR count). The highest BCUT2D eigenvalue weighted by Gasteiger charge is 2.10. The third-order valence-corrected chi connectivity index (χ3v) is 2.39. The molecule has 8 heteroatoms. The highest BCUT2D eigenvalue weighted by molar-refractivity contribution is 8.38. The van der Waals surface area contributed by atoms with E-state index in [9.17, 15) is 8.42 Å². The van der Waals surface area contributed by atoms with Gasteiger partial charge in [-0.2, -0.15) is 13.3 Å². The molecule has 1 atom stereocenters. The third kappa shape index (κ3) is 6.59. The summed E-state index contributed by atoms with van der Waals surface area (Å²) in [5, 5.41) is 0. The molecule has 15 heavy (non-hydrogen) atoms. The summed E-state index contributed by atoms with van der Waals surface area (Å²) < 4.78 is 38.9. The average Bonchev–Trinajstić information content (AvgIpc) is 2.01. The van der Waals surface area contributed by atoms with Crippen LogP contribution in [0.3, 0.4) is 0 Å². The van der Waals surface area contributed by atoms with Gasteiger partial charge in [0.05, 0.1) is 4.90 Å². The molecule has 0 saturated heterocycles. The van der Waals surface area contributed by atoms with E-state index in [1.54, 1.807) is 25.1 Å². The fraction of sp³-hybridized carbons (Fsp3) is 0.143. The van der Waals surface area contributed by atoms with Crippen molar-refractivity contribution in [1.82, 2.24) is 0 Å². The number of aryl methyl sites for hydroxylation is 1. The SMILES string of the molecule is Cc1ccccc1S(=O)(=O)O.O=[P+](O)S. The number of rotatable bonds is 1. The Morgan fingerprint density at radius 3 is 2.00 bits per heavy atom. The third-order valence-electron chi connectivity index (χ3n) is 1.37. The quantitative estimate of drug-likeness (QED) is 0.411. The van der Waals surface area contributed by atoms with E-state index in [2.05, 4.69) is 12.2 Å². The van der Waals surface area contributed by atoms with Crippen LogP contribution in [0.5, 0.6) is 0 Å². The van der Waals surface area contributed by atoms with Crippen molar-refractivity contribution < 1.29 is 22.4 Å². The largest absolute Gasteiger partial charge is 0.579 e. The Bertz CT molecular complexity index is 438. The number of hydrogen-bond donors (Lipinski definition) is 3. The summed E-state index contributed by atoms with van der Waals surface area (Å²) >= 11 is 3.03. The van der Waals surface area contributed by atoms with Crippen LogP contribution in [0.4, 0.5) is 0 Å². The van der Waals surface area contributed by atoms with E-state index in [0.29, 0.717) is 5.56 Å². The summed E-state index contributed by atoms with van der Waals surface area (Å²) in [4.78, 5) is 7.40. The van der Waals surface area contributed by atoms with Gasteiger partial charge in [-0.25, -0.2) is 0 Å². The van der Waals surface area contributed by atoms with Crippen molar-refractivity contribution in [3.8, 4) is 0 Å². The molecule has 84 valence electrons. The van der Waals surface area contributed by atoms with E-state index < -0.39 is 17.3 Å². The second-order valence-corrected chi connectivity index (χ2v) is 5.42. The Labute approximate surface area is 93.9 Å². The van der Waals surface area contributed by atoms with Crippen molar-refractivity contribution in [3.63, 3.8) is 0 Å². The minimum atomic E-state index is -4.03. The van der Waals surface area contributed by atoms with E-state index in [4.69, 9.17) is 14.0 Å². The molecule has 0 aliphatic rings.